The van der Waals surface area contributed by atoms with E-state index in [9.17, 15) is 28.1 Å². The Labute approximate surface area is 252 Å². The molecule has 1 N–H and O–H groups in total. The normalized spacial score (nSPS) is 14.5. The molecule has 11 heteroatoms. The number of carbonyl (C=O) groups excluding carboxylic acids is 2. The number of hydrogen-bond acceptors (Lipinski definition) is 6. The highest BCUT2D eigenvalue weighted by Crippen LogP contribution is 2.25. The topological polar surface area (TPSA) is 130 Å². The molecule has 10 nitrogen and oxygen atoms in total. The molecule has 3 aromatic rings. The first-order valence-corrected chi connectivity index (χ1v) is 16.3. The second kappa shape index (κ2) is 14.3. The summed E-state index contributed by atoms with van der Waals surface area (Å²) < 4.78 is 26.7. The van der Waals surface area contributed by atoms with Crippen molar-refractivity contribution in [2.24, 2.45) is 0 Å². The number of nitrogens with zero attached hydrogens (tertiary/aromatic N) is 3. The van der Waals surface area contributed by atoms with Crippen LogP contribution in [0.3, 0.4) is 0 Å². The van der Waals surface area contributed by atoms with Crippen molar-refractivity contribution in [2.75, 3.05) is 17.1 Å². The Morgan fingerprint density at radius 3 is 2.26 bits per heavy atom. The molecule has 43 heavy (non-hydrogen) atoms. The summed E-state index contributed by atoms with van der Waals surface area (Å²) >= 11 is 0. The number of benzene rings is 3. The van der Waals surface area contributed by atoms with Gasteiger partial charge < -0.3 is 10.2 Å². The second-order valence-electron chi connectivity index (χ2n) is 11.1. The lowest BCUT2D eigenvalue weighted by atomic mass is 9.94. The molecular weight excluding hydrogens is 568 g/mol. The van der Waals surface area contributed by atoms with Gasteiger partial charge in [0, 0.05) is 31.1 Å². The van der Waals surface area contributed by atoms with Gasteiger partial charge in [-0.1, -0.05) is 85.5 Å². The van der Waals surface area contributed by atoms with E-state index in [1.54, 1.807) is 0 Å². The van der Waals surface area contributed by atoms with Crippen LogP contribution in [0.5, 0.6) is 0 Å². The molecule has 228 valence electrons. The SMILES string of the molecule is Cc1ccc(CN(C(=O)CN(c2cccc([N+](=O)[O-])c2)S(C)(=O)=O)C(Cc2ccccc2)C(=O)NC2CCCCC2)cc1. The number of amides is 2. The molecule has 0 heterocycles. The van der Waals surface area contributed by atoms with Gasteiger partial charge in [0.05, 0.1) is 16.9 Å². The molecule has 1 fully saturated rings. The van der Waals surface area contributed by atoms with Gasteiger partial charge in [0.15, 0.2) is 0 Å². The molecule has 2 amide bonds. The van der Waals surface area contributed by atoms with E-state index in [1.165, 1.54) is 23.1 Å². The Morgan fingerprint density at radius 2 is 1.63 bits per heavy atom. The van der Waals surface area contributed by atoms with Gasteiger partial charge in [-0.15, -0.1) is 0 Å². The maximum Gasteiger partial charge on any atom is 0.271 e. The van der Waals surface area contributed by atoms with Crippen molar-refractivity contribution in [3.8, 4) is 0 Å². The van der Waals surface area contributed by atoms with E-state index in [0.717, 1.165) is 65.4 Å². The van der Waals surface area contributed by atoms with E-state index in [4.69, 9.17) is 0 Å². The summed E-state index contributed by atoms with van der Waals surface area (Å²) in [6.45, 7) is 1.39. The number of nitro groups is 1. The molecule has 0 aliphatic heterocycles. The fourth-order valence-corrected chi connectivity index (χ4v) is 6.21. The molecule has 0 bridgehead atoms. The summed E-state index contributed by atoms with van der Waals surface area (Å²) in [5.74, 6) is -0.894. The number of nitrogens with one attached hydrogen (secondary N) is 1. The number of rotatable bonds is 12. The monoisotopic (exact) mass is 606 g/mol. The van der Waals surface area contributed by atoms with Crippen molar-refractivity contribution in [3.05, 3.63) is 106 Å². The third kappa shape index (κ3) is 8.87. The van der Waals surface area contributed by atoms with E-state index < -0.39 is 33.4 Å². The first-order chi connectivity index (χ1) is 20.5. The highest BCUT2D eigenvalue weighted by atomic mass is 32.2. The van der Waals surface area contributed by atoms with Gasteiger partial charge in [-0.05, 0) is 37.0 Å². The fraction of sp³-hybridized carbons (Fsp3) is 0.375. The summed E-state index contributed by atoms with van der Waals surface area (Å²) in [5.41, 5.74) is 2.36. The van der Waals surface area contributed by atoms with Gasteiger partial charge in [-0.3, -0.25) is 24.0 Å². The second-order valence-corrected chi connectivity index (χ2v) is 13.0. The Morgan fingerprint density at radius 1 is 0.953 bits per heavy atom. The minimum atomic E-state index is -4.03. The zero-order valence-electron chi connectivity index (χ0n) is 24.5. The molecule has 0 saturated heterocycles. The minimum absolute atomic E-state index is 0.00763. The maximum atomic E-state index is 14.2. The number of hydrogen-bond donors (Lipinski definition) is 1. The zero-order valence-corrected chi connectivity index (χ0v) is 25.3. The summed E-state index contributed by atoms with van der Waals surface area (Å²) in [4.78, 5) is 40.4. The summed E-state index contributed by atoms with van der Waals surface area (Å²) in [6.07, 6.45) is 6.07. The lowest BCUT2D eigenvalue weighted by Crippen LogP contribution is -2.55. The van der Waals surface area contributed by atoms with Gasteiger partial charge >= 0.3 is 0 Å². The van der Waals surface area contributed by atoms with Crippen LogP contribution in [0.25, 0.3) is 0 Å². The lowest BCUT2D eigenvalue weighted by Gasteiger charge is -2.35. The molecule has 3 aromatic carbocycles. The molecule has 1 aliphatic carbocycles. The Bertz CT molecular complexity index is 1520. The first-order valence-electron chi connectivity index (χ1n) is 14.4. The van der Waals surface area contributed by atoms with Crippen LogP contribution in [0.1, 0.15) is 48.8 Å². The quantitative estimate of drug-likeness (QED) is 0.234. The van der Waals surface area contributed by atoms with Crippen LogP contribution in [0.2, 0.25) is 0 Å². The predicted octanol–water partition coefficient (Wildman–Crippen LogP) is 4.76. The van der Waals surface area contributed by atoms with Crippen molar-refractivity contribution < 1.29 is 22.9 Å². The highest BCUT2D eigenvalue weighted by Gasteiger charge is 2.34. The number of nitro benzene ring substituents is 1. The number of non-ortho nitro benzene ring substituents is 1. The van der Waals surface area contributed by atoms with Crippen molar-refractivity contribution in [1.29, 1.82) is 0 Å². The van der Waals surface area contributed by atoms with Gasteiger partial charge in [0.1, 0.15) is 12.6 Å². The molecule has 1 saturated carbocycles. The first kappa shape index (κ1) is 31.7. The molecular formula is C32H38N4O6S. The molecule has 0 aromatic heterocycles. The van der Waals surface area contributed by atoms with Crippen molar-refractivity contribution >= 4 is 33.2 Å². The average molecular weight is 607 g/mol. The van der Waals surface area contributed by atoms with E-state index in [1.807, 2.05) is 61.5 Å². The minimum Gasteiger partial charge on any atom is -0.352 e. The van der Waals surface area contributed by atoms with E-state index in [-0.39, 0.29) is 36.3 Å². The van der Waals surface area contributed by atoms with Gasteiger partial charge in [0.2, 0.25) is 21.8 Å². The van der Waals surface area contributed by atoms with Crippen LogP contribution in [-0.4, -0.2) is 54.9 Å². The van der Waals surface area contributed by atoms with Gasteiger partial charge in [-0.2, -0.15) is 0 Å². The van der Waals surface area contributed by atoms with Gasteiger partial charge in [-0.25, -0.2) is 8.42 Å². The number of aryl methyl sites for hydroxylation is 1. The molecule has 4 rings (SSSR count). The molecule has 1 unspecified atom stereocenters. The third-order valence-corrected chi connectivity index (χ3v) is 8.84. The largest absolute Gasteiger partial charge is 0.352 e. The summed E-state index contributed by atoms with van der Waals surface area (Å²) in [5, 5.41) is 14.6. The van der Waals surface area contributed by atoms with Crippen molar-refractivity contribution in [2.45, 2.75) is 64.1 Å². The zero-order chi connectivity index (χ0) is 31.0. The van der Waals surface area contributed by atoms with Crippen LogP contribution in [-0.2, 0) is 32.6 Å². The van der Waals surface area contributed by atoms with E-state index >= 15 is 0 Å². The Kier molecular flexibility index (Phi) is 10.5. The van der Waals surface area contributed by atoms with Crippen LogP contribution >= 0.6 is 0 Å². The maximum absolute atomic E-state index is 14.2. The molecule has 0 spiro atoms. The lowest BCUT2D eigenvalue weighted by molar-refractivity contribution is -0.384. The standard InChI is InChI=1S/C32H38N4O6S/c1-24-16-18-26(19-17-24)22-34(31(37)23-35(43(2,41)42)28-14-9-15-29(21-28)36(39)40)30(20-25-10-5-3-6-11-25)32(38)33-27-12-7-4-8-13-27/h3,5-6,9-11,14-19,21,27,30H,4,7-8,12-13,20,22-23H2,1-2H3,(H,33,38). The third-order valence-electron chi connectivity index (χ3n) is 7.70. The Balaban J connectivity index is 1.73. The van der Waals surface area contributed by atoms with E-state index in [0.29, 0.717) is 0 Å². The Hall–Kier alpha value is -4.25. The summed E-state index contributed by atoms with van der Waals surface area (Å²) in [6, 6.07) is 21.2. The number of sulfonamides is 1. The predicted molar refractivity (Wildman–Crippen MR) is 166 cm³/mol. The number of anilines is 1. The number of carbonyl (C=O) groups is 2. The van der Waals surface area contributed by atoms with Crippen LogP contribution in [0.15, 0.2) is 78.9 Å². The summed E-state index contributed by atoms with van der Waals surface area (Å²) in [7, 11) is -4.03. The van der Waals surface area contributed by atoms with Crippen molar-refractivity contribution in [3.63, 3.8) is 0 Å². The fourth-order valence-electron chi connectivity index (χ4n) is 5.36. The average Bonchev–Trinajstić information content (AvgIpc) is 2.99. The molecule has 1 atom stereocenters. The molecule has 1 aliphatic rings. The van der Waals surface area contributed by atoms with E-state index in [2.05, 4.69) is 5.32 Å². The van der Waals surface area contributed by atoms with Crippen molar-refractivity contribution in [1.82, 2.24) is 10.2 Å². The smallest absolute Gasteiger partial charge is 0.271 e. The van der Waals surface area contributed by atoms with Gasteiger partial charge in [0.25, 0.3) is 5.69 Å². The molecule has 0 radical (unpaired) electrons. The van der Waals surface area contributed by atoms with Crippen LogP contribution in [0.4, 0.5) is 11.4 Å². The van der Waals surface area contributed by atoms with Crippen LogP contribution in [0, 0.1) is 17.0 Å². The highest BCUT2D eigenvalue weighted by molar-refractivity contribution is 7.92. The van der Waals surface area contributed by atoms with Crippen LogP contribution < -0.4 is 9.62 Å².